The third-order valence-electron chi connectivity index (χ3n) is 4.41. The van der Waals surface area contributed by atoms with Crippen molar-refractivity contribution in [2.24, 2.45) is 0 Å². The number of benzene rings is 1. The number of hydrogen-bond acceptors (Lipinski definition) is 10. The number of aromatic nitrogens is 4. The number of rotatable bonds is 11. The molecule has 0 atom stereocenters. The van der Waals surface area contributed by atoms with Crippen molar-refractivity contribution in [2.45, 2.75) is 13.5 Å². The van der Waals surface area contributed by atoms with Crippen LogP contribution in [-0.2, 0) is 11.3 Å². The number of ether oxygens (including phenoxy) is 2. The van der Waals surface area contributed by atoms with E-state index in [1.807, 2.05) is 0 Å². The Morgan fingerprint density at radius 2 is 1.88 bits per heavy atom. The quantitative estimate of drug-likeness (QED) is 0.205. The van der Waals surface area contributed by atoms with Gasteiger partial charge in [-0.1, -0.05) is 5.16 Å². The lowest BCUT2D eigenvalue weighted by molar-refractivity contribution is -0.390. The molecule has 0 aliphatic rings. The second-order valence-electron chi connectivity index (χ2n) is 6.72. The van der Waals surface area contributed by atoms with Gasteiger partial charge in [0.25, 0.3) is 5.91 Å². The molecule has 2 amide bonds. The van der Waals surface area contributed by atoms with Gasteiger partial charge in [-0.05, 0) is 52.0 Å². The lowest BCUT2D eigenvalue weighted by Crippen LogP contribution is -2.36. The minimum atomic E-state index is -0.633. The number of amides is 2. The molecule has 34 heavy (non-hydrogen) atoms. The number of nitro groups is 1. The minimum absolute atomic E-state index is 0.0285. The summed E-state index contributed by atoms with van der Waals surface area (Å²) >= 11 is 3.12. The maximum absolute atomic E-state index is 12.2. The van der Waals surface area contributed by atoms with Gasteiger partial charge in [0.1, 0.15) is 22.5 Å². The molecule has 0 fully saturated rings. The summed E-state index contributed by atoms with van der Waals surface area (Å²) in [5.74, 6) is -0.315. The first kappa shape index (κ1) is 24.6. The topological polar surface area (TPSA) is 177 Å². The van der Waals surface area contributed by atoms with Crippen molar-refractivity contribution >= 4 is 33.6 Å². The third kappa shape index (κ3) is 6.28. The SMILES string of the molecule is COc1ccc(OCC(=O)NCCNC(=O)c2nc(Cn3nc([N+](=O)[O-])c(Br)c3C)no2)cc1. The van der Waals surface area contributed by atoms with Gasteiger partial charge in [-0.25, -0.2) is 0 Å². The molecule has 14 nitrogen and oxygen atoms in total. The Morgan fingerprint density at radius 3 is 2.53 bits per heavy atom. The van der Waals surface area contributed by atoms with E-state index in [9.17, 15) is 19.7 Å². The maximum atomic E-state index is 12.2. The molecule has 180 valence electrons. The van der Waals surface area contributed by atoms with Crippen LogP contribution >= 0.6 is 15.9 Å². The molecular weight excluding hydrogens is 518 g/mol. The number of nitrogens with zero attached hydrogens (tertiary/aromatic N) is 5. The second kappa shape index (κ2) is 11.2. The van der Waals surface area contributed by atoms with Crippen molar-refractivity contribution in [3.63, 3.8) is 0 Å². The molecule has 2 aromatic heterocycles. The Balaban J connectivity index is 1.40. The van der Waals surface area contributed by atoms with Gasteiger partial charge in [-0.2, -0.15) is 9.67 Å². The molecule has 0 aliphatic heterocycles. The molecule has 2 N–H and O–H groups in total. The summed E-state index contributed by atoms with van der Waals surface area (Å²) in [6.45, 7) is 1.69. The first-order valence-electron chi connectivity index (χ1n) is 9.80. The first-order chi connectivity index (χ1) is 16.3. The van der Waals surface area contributed by atoms with Gasteiger partial charge in [0.2, 0.25) is 0 Å². The number of carbonyl (C=O) groups excluding carboxylic acids is 2. The van der Waals surface area contributed by atoms with E-state index in [0.29, 0.717) is 17.2 Å². The highest BCUT2D eigenvalue weighted by Gasteiger charge is 2.25. The van der Waals surface area contributed by atoms with Crippen molar-refractivity contribution in [2.75, 3.05) is 26.8 Å². The minimum Gasteiger partial charge on any atom is -0.497 e. The predicted molar refractivity (Wildman–Crippen MR) is 119 cm³/mol. The molecule has 3 aromatic rings. The van der Waals surface area contributed by atoms with Gasteiger partial charge >= 0.3 is 17.6 Å². The summed E-state index contributed by atoms with van der Waals surface area (Å²) in [6.07, 6.45) is 0. The lowest BCUT2D eigenvalue weighted by Gasteiger charge is -2.08. The van der Waals surface area contributed by atoms with E-state index in [1.54, 1.807) is 38.3 Å². The highest BCUT2D eigenvalue weighted by Crippen LogP contribution is 2.27. The Kier molecular flexibility index (Phi) is 8.13. The second-order valence-corrected chi connectivity index (χ2v) is 7.52. The van der Waals surface area contributed by atoms with Crippen molar-refractivity contribution in [1.29, 1.82) is 0 Å². The first-order valence-corrected chi connectivity index (χ1v) is 10.6. The van der Waals surface area contributed by atoms with Crippen LogP contribution in [0.3, 0.4) is 0 Å². The highest BCUT2D eigenvalue weighted by atomic mass is 79.9. The van der Waals surface area contributed by atoms with E-state index in [-0.39, 0.29) is 54.2 Å². The zero-order valence-corrected chi connectivity index (χ0v) is 19.7. The van der Waals surface area contributed by atoms with E-state index < -0.39 is 10.8 Å². The van der Waals surface area contributed by atoms with Crippen LogP contribution in [-0.4, -0.2) is 63.5 Å². The molecule has 0 saturated heterocycles. The van der Waals surface area contributed by atoms with Crippen molar-refractivity contribution < 1.29 is 28.5 Å². The maximum Gasteiger partial charge on any atom is 0.404 e. The Hall–Kier alpha value is -4.01. The molecule has 0 radical (unpaired) electrons. The van der Waals surface area contributed by atoms with Crippen molar-refractivity contribution in [1.82, 2.24) is 30.6 Å². The zero-order chi connectivity index (χ0) is 24.7. The average Bonchev–Trinajstić information content (AvgIpc) is 3.41. The van der Waals surface area contributed by atoms with Gasteiger partial charge in [0.15, 0.2) is 12.4 Å². The van der Waals surface area contributed by atoms with E-state index in [2.05, 4.69) is 41.8 Å². The van der Waals surface area contributed by atoms with E-state index in [0.717, 1.165) is 0 Å². The largest absolute Gasteiger partial charge is 0.497 e. The van der Waals surface area contributed by atoms with E-state index in [4.69, 9.17) is 14.0 Å². The number of hydrogen-bond donors (Lipinski definition) is 2. The molecule has 15 heteroatoms. The van der Waals surface area contributed by atoms with Crippen LogP contribution in [0.5, 0.6) is 11.5 Å². The average molecular weight is 538 g/mol. The summed E-state index contributed by atoms with van der Waals surface area (Å²) in [5, 5.41) is 23.7. The Bertz CT molecular complexity index is 1180. The fourth-order valence-electron chi connectivity index (χ4n) is 2.65. The normalized spacial score (nSPS) is 10.6. The summed E-state index contributed by atoms with van der Waals surface area (Å²) in [5.41, 5.74) is 0.495. The van der Waals surface area contributed by atoms with Gasteiger partial charge < -0.3 is 34.7 Å². The molecule has 3 rings (SSSR count). The molecule has 0 spiro atoms. The number of nitrogens with one attached hydrogen (secondary N) is 2. The summed E-state index contributed by atoms with van der Waals surface area (Å²) in [7, 11) is 1.55. The monoisotopic (exact) mass is 537 g/mol. The molecule has 0 bridgehead atoms. The van der Waals surface area contributed by atoms with Crippen LogP contribution in [0.15, 0.2) is 33.3 Å². The van der Waals surface area contributed by atoms with Gasteiger partial charge in [0, 0.05) is 13.1 Å². The van der Waals surface area contributed by atoms with Crippen LogP contribution in [0, 0.1) is 17.0 Å². The van der Waals surface area contributed by atoms with E-state index >= 15 is 0 Å². The lowest BCUT2D eigenvalue weighted by atomic mass is 10.3. The Labute approximate surface area is 200 Å². The van der Waals surface area contributed by atoms with E-state index in [1.165, 1.54) is 4.68 Å². The molecule has 0 unspecified atom stereocenters. The zero-order valence-electron chi connectivity index (χ0n) is 18.1. The fourth-order valence-corrected chi connectivity index (χ4v) is 3.08. The molecule has 0 saturated carbocycles. The van der Waals surface area contributed by atoms with Crippen LogP contribution in [0.2, 0.25) is 0 Å². The molecular formula is C19H20BrN7O7. The van der Waals surface area contributed by atoms with Crippen molar-refractivity contribution in [3.05, 3.63) is 56.3 Å². The van der Waals surface area contributed by atoms with Crippen LogP contribution in [0.1, 0.15) is 22.2 Å². The fraction of sp³-hybridized carbons (Fsp3) is 0.316. The summed E-state index contributed by atoms with van der Waals surface area (Å²) < 4.78 is 16.9. The van der Waals surface area contributed by atoms with Crippen LogP contribution in [0.4, 0.5) is 5.82 Å². The van der Waals surface area contributed by atoms with Crippen LogP contribution in [0.25, 0.3) is 0 Å². The Morgan fingerprint density at radius 1 is 1.21 bits per heavy atom. The van der Waals surface area contributed by atoms with Gasteiger partial charge in [0.05, 0.1) is 17.9 Å². The summed E-state index contributed by atoms with van der Waals surface area (Å²) in [6, 6.07) is 6.78. The predicted octanol–water partition coefficient (Wildman–Crippen LogP) is 1.23. The number of methoxy groups -OCH3 is 1. The smallest absolute Gasteiger partial charge is 0.404 e. The third-order valence-corrected chi connectivity index (χ3v) is 5.33. The van der Waals surface area contributed by atoms with Gasteiger partial charge in [-0.15, -0.1) is 0 Å². The molecule has 2 heterocycles. The number of halogens is 1. The standard InChI is InChI=1S/C19H20BrN7O7/c1-11-16(20)17(27(30)31)24-26(11)9-14-23-19(34-25-14)18(29)22-8-7-21-15(28)10-33-13-5-3-12(32-2)4-6-13/h3-6H,7-10H2,1-2H3,(H,21,28)(H,22,29). The number of carbonyl (C=O) groups is 2. The highest BCUT2D eigenvalue weighted by molar-refractivity contribution is 9.10. The molecule has 0 aliphatic carbocycles. The van der Waals surface area contributed by atoms with Crippen LogP contribution < -0.4 is 20.1 Å². The summed E-state index contributed by atoms with van der Waals surface area (Å²) in [4.78, 5) is 38.3. The van der Waals surface area contributed by atoms with Crippen molar-refractivity contribution in [3.8, 4) is 11.5 Å². The van der Waals surface area contributed by atoms with Gasteiger partial charge in [-0.3, -0.25) is 9.59 Å². The molecule has 1 aromatic carbocycles.